The van der Waals surface area contributed by atoms with Gasteiger partial charge in [-0.05, 0) is 62.7 Å². The highest BCUT2D eigenvalue weighted by molar-refractivity contribution is 5.85. The number of fused-ring (bicyclic) bond motifs is 1. The molecular formula is C23H20N4O4. The van der Waals surface area contributed by atoms with Gasteiger partial charge < -0.3 is 19.4 Å². The number of hydrogen-bond donors (Lipinski definition) is 2. The molecule has 8 heteroatoms. The number of carbonyl (C=O) groups is 1. The lowest BCUT2D eigenvalue weighted by Gasteiger charge is -2.11. The van der Waals surface area contributed by atoms with E-state index in [1.807, 2.05) is 38.1 Å². The highest BCUT2D eigenvalue weighted by atomic mass is 16.5. The summed E-state index contributed by atoms with van der Waals surface area (Å²) in [4.78, 5) is 22.0. The van der Waals surface area contributed by atoms with Crippen LogP contribution >= 0.6 is 0 Å². The molecule has 0 saturated heterocycles. The maximum absolute atomic E-state index is 10.8. The van der Waals surface area contributed by atoms with Crippen molar-refractivity contribution < 1.29 is 19.2 Å². The summed E-state index contributed by atoms with van der Waals surface area (Å²) in [5, 5.41) is 13.9. The van der Waals surface area contributed by atoms with Crippen LogP contribution in [0.4, 0.5) is 5.69 Å². The number of H-pyrrole nitrogens is 1. The Morgan fingerprint density at radius 1 is 1.23 bits per heavy atom. The Morgan fingerprint density at radius 3 is 2.77 bits per heavy atom. The molecule has 0 saturated carbocycles. The van der Waals surface area contributed by atoms with Crippen LogP contribution in [0.3, 0.4) is 0 Å². The van der Waals surface area contributed by atoms with E-state index in [9.17, 15) is 4.79 Å². The van der Waals surface area contributed by atoms with Crippen molar-refractivity contribution >= 4 is 22.6 Å². The molecule has 4 rings (SSSR count). The van der Waals surface area contributed by atoms with E-state index in [4.69, 9.17) is 20.9 Å². The molecule has 0 amide bonds. The summed E-state index contributed by atoms with van der Waals surface area (Å²) < 4.78 is 11.1. The third-order valence-corrected chi connectivity index (χ3v) is 4.66. The Bertz CT molecular complexity index is 1300. The number of aromatic amines is 1. The number of aromatic nitrogens is 3. The Hall–Kier alpha value is -4.12. The van der Waals surface area contributed by atoms with E-state index in [1.165, 1.54) is 0 Å². The normalized spacial score (nSPS) is 11.0. The summed E-state index contributed by atoms with van der Waals surface area (Å²) in [7, 11) is 0. The molecule has 0 aliphatic rings. The summed E-state index contributed by atoms with van der Waals surface area (Å²) in [5.41, 5.74) is 3.57. The van der Waals surface area contributed by atoms with Gasteiger partial charge >= 0.3 is 5.97 Å². The van der Waals surface area contributed by atoms with Crippen molar-refractivity contribution in [2.75, 3.05) is 0 Å². The molecule has 8 nitrogen and oxygen atoms in total. The number of carboxylic acids is 1. The molecule has 4 aromatic rings. The zero-order chi connectivity index (χ0) is 22.0. The number of hydrogen-bond acceptors (Lipinski definition) is 5. The first-order valence-electron chi connectivity index (χ1n) is 9.79. The molecule has 0 aliphatic heterocycles. The first kappa shape index (κ1) is 20.2. The number of carboxylic acid groups (broad SMARTS) is 1. The monoisotopic (exact) mass is 416 g/mol. The van der Waals surface area contributed by atoms with Gasteiger partial charge in [0.1, 0.15) is 5.75 Å². The minimum Gasteiger partial charge on any atom is -0.502 e. The second-order valence-electron chi connectivity index (χ2n) is 7.37. The molecule has 156 valence electrons. The lowest BCUT2D eigenvalue weighted by Crippen LogP contribution is -2.05. The van der Waals surface area contributed by atoms with E-state index in [2.05, 4.69) is 20.0 Å². The number of rotatable bonds is 7. The molecule has 2 N–H and O–H groups in total. The largest absolute Gasteiger partial charge is 0.502 e. The van der Waals surface area contributed by atoms with E-state index >= 15 is 0 Å². The van der Waals surface area contributed by atoms with Crippen LogP contribution in [-0.4, -0.2) is 32.3 Å². The number of aliphatic carboxylic acids is 1. The fraction of sp³-hybridized carbons (Fsp3) is 0.217. The fourth-order valence-electron chi connectivity index (χ4n) is 3.26. The van der Waals surface area contributed by atoms with Gasteiger partial charge in [-0.3, -0.25) is 4.79 Å². The van der Waals surface area contributed by atoms with Crippen molar-refractivity contribution in [3.8, 4) is 28.6 Å². The highest BCUT2D eigenvalue weighted by Crippen LogP contribution is 2.34. The maximum atomic E-state index is 10.8. The van der Waals surface area contributed by atoms with Crippen LogP contribution in [0.5, 0.6) is 5.75 Å². The number of nitrogens with one attached hydrogen (secondary N) is 1. The van der Waals surface area contributed by atoms with Crippen molar-refractivity contribution in [3.05, 3.63) is 59.6 Å². The van der Waals surface area contributed by atoms with Crippen LogP contribution in [0.15, 0.2) is 47.0 Å². The predicted octanol–water partition coefficient (Wildman–Crippen LogP) is 5.24. The van der Waals surface area contributed by atoms with E-state index in [1.54, 1.807) is 18.2 Å². The summed E-state index contributed by atoms with van der Waals surface area (Å²) in [6, 6.07) is 12.8. The van der Waals surface area contributed by atoms with Gasteiger partial charge in [0.2, 0.25) is 11.5 Å². The van der Waals surface area contributed by atoms with Crippen molar-refractivity contribution in [2.45, 2.75) is 32.8 Å². The third kappa shape index (κ3) is 4.41. The van der Waals surface area contributed by atoms with Crippen LogP contribution in [0.1, 0.15) is 26.0 Å². The van der Waals surface area contributed by atoms with Gasteiger partial charge in [-0.1, -0.05) is 5.16 Å². The Kier molecular flexibility index (Phi) is 5.41. The topological polar surface area (TPSA) is 106 Å². The van der Waals surface area contributed by atoms with Crippen molar-refractivity contribution in [1.29, 1.82) is 0 Å². The summed E-state index contributed by atoms with van der Waals surface area (Å²) in [5.74, 6) is 0.429. The molecule has 31 heavy (non-hydrogen) atoms. The SMILES string of the molecule is [C-]#[N+]c1cc(-c2nc(-c3ccc4[nH]c(CCC(=O)O)cc4c3)no2)ccc1OC(C)C. The molecule has 0 fully saturated rings. The standard InChI is InChI=1S/C23H20N4O4/c1-13(2)30-20-8-5-15(12-19(20)24-3)23-26-22(27-31-23)14-4-7-18-16(10-14)11-17(25-18)6-9-21(28)29/h4-5,7-8,10-13,25H,6,9H2,1-2H3,(H,28,29). The minimum atomic E-state index is -0.830. The molecule has 0 bridgehead atoms. The van der Waals surface area contributed by atoms with E-state index < -0.39 is 5.97 Å². The zero-order valence-corrected chi connectivity index (χ0v) is 17.0. The van der Waals surface area contributed by atoms with Crippen LogP contribution in [-0.2, 0) is 11.2 Å². The van der Waals surface area contributed by atoms with E-state index in [0.717, 1.165) is 22.2 Å². The molecule has 2 heterocycles. The number of aryl methyl sites for hydroxylation is 1. The fourth-order valence-corrected chi connectivity index (χ4v) is 3.26. The van der Waals surface area contributed by atoms with Crippen LogP contribution in [0.25, 0.3) is 38.6 Å². The van der Waals surface area contributed by atoms with Crippen LogP contribution in [0.2, 0.25) is 0 Å². The van der Waals surface area contributed by atoms with Crippen LogP contribution in [0, 0.1) is 6.57 Å². The minimum absolute atomic E-state index is 0.0330. The Labute approximate surface area is 178 Å². The van der Waals surface area contributed by atoms with Gasteiger partial charge in [0.15, 0.2) is 0 Å². The van der Waals surface area contributed by atoms with Gasteiger partial charge in [0, 0.05) is 27.7 Å². The first-order chi connectivity index (χ1) is 14.9. The average molecular weight is 416 g/mol. The summed E-state index contributed by atoms with van der Waals surface area (Å²) >= 11 is 0. The lowest BCUT2D eigenvalue weighted by atomic mass is 10.1. The highest BCUT2D eigenvalue weighted by Gasteiger charge is 2.15. The molecule has 0 atom stereocenters. The van der Waals surface area contributed by atoms with Crippen LogP contribution < -0.4 is 4.74 Å². The predicted molar refractivity (Wildman–Crippen MR) is 115 cm³/mol. The summed E-state index contributed by atoms with van der Waals surface area (Å²) in [6.45, 7) is 11.2. The van der Waals surface area contributed by atoms with Gasteiger partial charge in [-0.15, -0.1) is 0 Å². The number of ether oxygens (including phenoxy) is 1. The zero-order valence-electron chi connectivity index (χ0n) is 17.0. The summed E-state index contributed by atoms with van der Waals surface area (Å²) in [6.07, 6.45) is 0.474. The third-order valence-electron chi connectivity index (χ3n) is 4.66. The van der Waals surface area contributed by atoms with Gasteiger partial charge in [0.25, 0.3) is 5.89 Å². The van der Waals surface area contributed by atoms with Gasteiger partial charge in [0.05, 0.1) is 19.1 Å². The second-order valence-corrected chi connectivity index (χ2v) is 7.37. The quantitative estimate of drug-likeness (QED) is 0.399. The van der Waals surface area contributed by atoms with E-state index in [-0.39, 0.29) is 12.5 Å². The molecule has 0 radical (unpaired) electrons. The Balaban J connectivity index is 1.60. The number of benzene rings is 2. The van der Waals surface area contributed by atoms with Crippen molar-refractivity contribution in [1.82, 2.24) is 15.1 Å². The second kappa shape index (κ2) is 8.32. The van der Waals surface area contributed by atoms with Gasteiger partial charge in [-0.25, -0.2) is 4.85 Å². The van der Waals surface area contributed by atoms with Crippen molar-refractivity contribution in [2.24, 2.45) is 0 Å². The van der Waals surface area contributed by atoms with Gasteiger partial charge in [-0.2, -0.15) is 4.98 Å². The first-order valence-corrected chi connectivity index (χ1v) is 9.79. The molecular weight excluding hydrogens is 396 g/mol. The Morgan fingerprint density at radius 2 is 2.03 bits per heavy atom. The molecule has 0 unspecified atom stereocenters. The molecule has 0 aliphatic carbocycles. The maximum Gasteiger partial charge on any atom is 0.303 e. The molecule has 0 spiro atoms. The van der Waals surface area contributed by atoms with E-state index in [0.29, 0.717) is 35.1 Å². The molecule has 2 aromatic carbocycles. The molecule has 2 aromatic heterocycles. The number of nitrogens with zero attached hydrogens (tertiary/aromatic N) is 3. The van der Waals surface area contributed by atoms with Crippen molar-refractivity contribution in [3.63, 3.8) is 0 Å². The average Bonchev–Trinajstić information content (AvgIpc) is 3.38. The smallest absolute Gasteiger partial charge is 0.303 e. The lowest BCUT2D eigenvalue weighted by molar-refractivity contribution is -0.136.